The zero-order valence-corrected chi connectivity index (χ0v) is 12.2. The van der Waals surface area contributed by atoms with Gasteiger partial charge in [-0.25, -0.2) is 4.98 Å². The van der Waals surface area contributed by atoms with Crippen molar-refractivity contribution in [1.29, 1.82) is 0 Å². The van der Waals surface area contributed by atoms with Crippen LogP contribution in [-0.4, -0.2) is 20.7 Å². The Morgan fingerprint density at radius 3 is 2.68 bits per heavy atom. The molecule has 1 N–H and O–H groups in total. The van der Waals surface area contributed by atoms with Gasteiger partial charge < -0.3 is 9.88 Å². The highest BCUT2D eigenvalue weighted by atomic mass is 35.5. The summed E-state index contributed by atoms with van der Waals surface area (Å²) in [7, 11) is 1.90. The van der Waals surface area contributed by atoms with Crippen LogP contribution in [0.4, 0.5) is 5.69 Å². The van der Waals surface area contributed by atoms with Crippen molar-refractivity contribution in [2.24, 2.45) is 7.05 Å². The maximum Gasteiger partial charge on any atom is 0.237 e. The molecule has 19 heavy (non-hydrogen) atoms. The fourth-order valence-corrected chi connectivity index (χ4v) is 2.41. The van der Waals surface area contributed by atoms with E-state index in [2.05, 4.69) is 10.3 Å². The fourth-order valence-electron chi connectivity index (χ4n) is 1.45. The lowest BCUT2D eigenvalue weighted by Gasteiger charge is -2.11. The van der Waals surface area contributed by atoms with E-state index in [9.17, 15) is 4.79 Å². The number of thioether (sulfide) groups is 1. The molecule has 0 fully saturated rings. The molecule has 0 aliphatic heterocycles. The summed E-state index contributed by atoms with van der Waals surface area (Å²) in [6.07, 6.45) is 3.57. The molecule has 2 aromatic rings. The molecule has 0 bridgehead atoms. The average Bonchev–Trinajstić information content (AvgIpc) is 2.78. The highest BCUT2D eigenvalue weighted by Crippen LogP contribution is 2.22. The Balaban J connectivity index is 1.96. The van der Waals surface area contributed by atoms with Gasteiger partial charge in [-0.05, 0) is 31.2 Å². The predicted octanol–water partition coefficient (Wildman–Crippen LogP) is 3.19. The Morgan fingerprint density at radius 1 is 1.42 bits per heavy atom. The first-order chi connectivity index (χ1) is 9.06. The van der Waals surface area contributed by atoms with Gasteiger partial charge in [0.25, 0.3) is 0 Å². The molecular formula is C13H14ClN3OS. The number of hydrogen-bond acceptors (Lipinski definition) is 3. The minimum Gasteiger partial charge on any atom is -0.329 e. The molecule has 4 nitrogen and oxygen atoms in total. The summed E-state index contributed by atoms with van der Waals surface area (Å²) in [5.41, 5.74) is 0.738. The number of nitrogens with one attached hydrogen (secondary N) is 1. The summed E-state index contributed by atoms with van der Waals surface area (Å²) in [5.74, 6) is -0.0599. The molecule has 6 heteroatoms. The van der Waals surface area contributed by atoms with Gasteiger partial charge in [0.1, 0.15) is 0 Å². The van der Waals surface area contributed by atoms with Crippen LogP contribution >= 0.6 is 23.4 Å². The molecule has 1 unspecified atom stereocenters. The Bertz CT molecular complexity index is 568. The molecule has 1 aromatic heterocycles. The quantitative estimate of drug-likeness (QED) is 0.881. The molecule has 0 saturated heterocycles. The Morgan fingerprint density at radius 2 is 2.11 bits per heavy atom. The highest BCUT2D eigenvalue weighted by molar-refractivity contribution is 8.00. The molecule has 0 aliphatic carbocycles. The van der Waals surface area contributed by atoms with E-state index >= 15 is 0 Å². The zero-order valence-electron chi connectivity index (χ0n) is 10.6. The van der Waals surface area contributed by atoms with Crippen LogP contribution in [0.5, 0.6) is 0 Å². The van der Waals surface area contributed by atoms with Gasteiger partial charge >= 0.3 is 0 Å². The third kappa shape index (κ3) is 3.75. The van der Waals surface area contributed by atoms with Gasteiger partial charge in [0.15, 0.2) is 5.16 Å². The van der Waals surface area contributed by atoms with Crippen LogP contribution in [0, 0.1) is 0 Å². The average molecular weight is 296 g/mol. The minimum atomic E-state index is -0.225. The number of amides is 1. The smallest absolute Gasteiger partial charge is 0.237 e. The molecule has 1 atom stereocenters. The van der Waals surface area contributed by atoms with Crippen LogP contribution in [-0.2, 0) is 11.8 Å². The molecule has 1 amide bonds. The van der Waals surface area contributed by atoms with Crippen molar-refractivity contribution >= 4 is 35.0 Å². The molecule has 0 aliphatic rings. The second-order valence-corrected chi connectivity index (χ2v) is 5.82. The van der Waals surface area contributed by atoms with Crippen molar-refractivity contribution in [1.82, 2.24) is 9.55 Å². The highest BCUT2D eigenvalue weighted by Gasteiger charge is 2.16. The van der Waals surface area contributed by atoms with Crippen molar-refractivity contribution in [3.05, 3.63) is 41.7 Å². The Kier molecular flexibility index (Phi) is 4.50. The summed E-state index contributed by atoms with van der Waals surface area (Å²) in [5, 5.41) is 4.09. The second-order valence-electron chi connectivity index (χ2n) is 4.08. The van der Waals surface area contributed by atoms with Crippen molar-refractivity contribution in [2.75, 3.05) is 5.32 Å². The van der Waals surface area contributed by atoms with E-state index in [4.69, 9.17) is 11.6 Å². The Labute approximate surface area is 121 Å². The monoisotopic (exact) mass is 295 g/mol. The summed E-state index contributed by atoms with van der Waals surface area (Å²) in [4.78, 5) is 16.2. The molecule has 100 valence electrons. The van der Waals surface area contributed by atoms with Crippen LogP contribution in [0.15, 0.2) is 41.8 Å². The largest absolute Gasteiger partial charge is 0.329 e. The van der Waals surface area contributed by atoms with Gasteiger partial charge in [-0.15, -0.1) is 0 Å². The first kappa shape index (κ1) is 14.0. The van der Waals surface area contributed by atoms with E-state index in [-0.39, 0.29) is 11.2 Å². The lowest BCUT2D eigenvalue weighted by atomic mass is 10.3. The van der Waals surface area contributed by atoms with E-state index in [1.807, 2.05) is 24.7 Å². The van der Waals surface area contributed by atoms with Crippen LogP contribution in [0.1, 0.15) is 6.92 Å². The summed E-state index contributed by atoms with van der Waals surface area (Å²) in [6, 6.07) is 7.04. The zero-order chi connectivity index (χ0) is 13.8. The molecule has 1 heterocycles. The first-order valence-corrected chi connectivity index (χ1v) is 7.02. The van der Waals surface area contributed by atoms with Crippen molar-refractivity contribution in [3.8, 4) is 0 Å². The topological polar surface area (TPSA) is 46.9 Å². The lowest BCUT2D eigenvalue weighted by molar-refractivity contribution is -0.115. The van der Waals surface area contributed by atoms with E-state index < -0.39 is 0 Å². The second kappa shape index (κ2) is 6.12. The van der Waals surface area contributed by atoms with E-state index in [1.165, 1.54) is 11.8 Å². The third-order valence-electron chi connectivity index (χ3n) is 2.54. The number of carbonyl (C=O) groups is 1. The van der Waals surface area contributed by atoms with Gasteiger partial charge in [0.05, 0.1) is 5.25 Å². The van der Waals surface area contributed by atoms with Crippen LogP contribution in [0.3, 0.4) is 0 Å². The standard InChI is InChI=1S/C13H14ClN3OS/c1-9(19-13-15-7-8-17(13)2)12(18)16-11-5-3-10(14)4-6-11/h3-9H,1-2H3,(H,16,18). The maximum atomic E-state index is 12.0. The molecule has 2 rings (SSSR count). The third-order valence-corrected chi connectivity index (χ3v) is 3.96. The number of hydrogen-bond donors (Lipinski definition) is 1. The van der Waals surface area contributed by atoms with Crippen LogP contribution in [0.25, 0.3) is 0 Å². The number of anilines is 1. The van der Waals surface area contributed by atoms with Gasteiger partial charge in [0, 0.05) is 30.2 Å². The Hall–Kier alpha value is -1.46. The molecule has 0 radical (unpaired) electrons. The number of imidazole rings is 1. The van der Waals surface area contributed by atoms with Crippen LogP contribution < -0.4 is 5.32 Å². The number of halogens is 1. The summed E-state index contributed by atoms with van der Waals surface area (Å²) in [6.45, 7) is 1.85. The minimum absolute atomic E-state index is 0.0599. The van der Waals surface area contributed by atoms with Gasteiger partial charge in [-0.2, -0.15) is 0 Å². The molecule has 0 saturated carbocycles. The first-order valence-electron chi connectivity index (χ1n) is 5.76. The predicted molar refractivity (Wildman–Crippen MR) is 78.6 cm³/mol. The van der Waals surface area contributed by atoms with Crippen molar-refractivity contribution in [2.45, 2.75) is 17.3 Å². The normalized spacial score (nSPS) is 12.2. The number of aromatic nitrogens is 2. The number of aryl methyl sites for hydroxylation is 1. The number of benzene rings is 1. The number of rotatable bonds is 4. The van der Waals surface area contributed by atoms with Crippen LogP contribution in [0.2, 0.25) is 5.02 Å². The lowest BCUT2D eigenvalue weighted by Crippen LogP contribution is -2.22. The molecular weight excluding hydrogens is 282 g/mol. The molecule has 1 aromatic carbocycles. The van der Waals surface area contributed by atoms with Crippen molar-refractivity contribution in [3.63, 3.8) is 0 Å². The summed E-state index contributed by atoms with van der Waals surface area (Å²) >= 11 is 7.22. The van der Waals surface area contributed by atoms with Gasteiger partial charge in [-0.1, -0.05) is 23.4 Å². The van der Waals surface area contributed by atoms with Gasteiger partial charge in [0.2, 0.25) is 5.91 Å². The van der Waals surface area contributed by atoms with E-state index in [0.29, 0.717) is 5.02 Å². The van der Waals surface area contributed by atoms with Gasteiger partial charge in [-0.3, -0.25) is 4.79 Å². The summed E-state index contributed by atoms with van der Waals surface area (Å²) < 4.78 is 1.89. The van der Waals surface area contributed by atoms with E-state index in [0.717, 1.165) is 10.8 Å². The number of nitrogens with zero attached hydrogens (tertiary/aromatic N) is 2. The maximum absolute atomic E-state index is 12.0. The fraction of sp³-hybridized carbons (Fsp3) is 0.231. The van der Waals surface area contributed by atoms with Crippen molar-refractivity contribution < 1.29 is 4.79 Å². The van der Waals surface area contributed by atoms with E-state index in [1.54, 1.807) is 30.5 Å². The SMILES string of the molecule is CC(Sc1nccn1C)C(=O)Nc1ccc(Cl)cc1. The molecule has 0 spiro atoms. The number of carbonyl (C=O) groups excluding carboxylic acids is 1.